The molecular formula is C13H10Br2FN. The van der Waals surface area contributed by atoms with Crippen LogP contribution in [0.2, 0.25) is 0 Å². The highest BCUT2D eigenvalue weighted by molar-refractivity contribution is 9.10. The predicted octanol–water partition coefficient (Wildman–Crippen LogP) is 4.40. The molecule has 0 aliphatic carbocycles. The molecule has 0 heterocycles. The van der Waals surface area contributed by atoms with E-state index in [2.05, 4.69) is 31.9 Å². The van der Waals surface area contributed by atoms with Gasteiger partial charge in [-0.1, -0.05) is 34.1 Å². The molecule has 17 heavy (non-hydrogen) atoms. The van der Waals surface area contributed by atoms with E-state index in [1.165, 1.54) is 6.07 Å². The Labute approximate surface area is 116 Å². The molecule has 0 bridgehead atoms. The van der Waals surface area contributed by atoms with Gasteiger partial charge in [0, 0.05) is 4.47 Å². The second-order valence-electron chi connectivity index (χ2n) is 3.71. The molecule has 0 amide bonds. The van der Waals surface area contributed by atoms with Gasteiger partial charge in [0.1, 0.15) is 5.82 Å². The van der Waals surface area contributed by atoms with Crippen molar-refractivity contribution in [1.82, 2.24) is 0 Å². The monoisotopic (exact) mass is 357 g/mol. The summed E-state index contributed by atoms with van der Waals surface area (Å²) in [4.78, 5) is 0. The predicted molar refractivity (Wildman–Crippen MR) is 74.3 cm³/mol. The molecule has 2 rings (SSSR count). The lowest BCUT2D eigenvalue weighted by molar-refractivity contribution is 0.619. The van der Waals surface area contributed by atoms with Crippen LogP contribution in [0.4, 0.5) is 4.39 Å². The Morgan fingerprint density at radius 2 is 1.71 bits per heavy atom. The number of halogens is 3. The second-order valence-corrected chi connectivity index (χ2v) is 5.48. The van der Waals surface area contributed by atoms with Gasteiger partial charge in [-0.2, -0.15) is 0 Å². The van der Waals surface area contributed by atoms with Crippen molar-refractivity contribution >= 4 is 31.9 Å². The largest absolute Gasteiger partial charge is 0.320 e. The van der Waals surface area contributed by atoms with Gasteiger partial charge in [0.25, 0.3) is 0 Å². The van der Waals surface area contributed by atoms with E-state index in [1.54, 1.807) is 12.1 Å². The lowest BCUT2D eigenvalue weighted by atomic mass is 10.00. The molecule has 2 aromatic carbocycles. The topological polar surface area (TPSA) is 26.0 Å². The van der Waals surface area contributed by atoms with Crippen LogP contribution in [0.25, 0.3) is 0 Å². The summed E-state index contributed by atoms with van der Waals surface area (Å²) in [5, 5.41) is 0. The molecule has 0 saturated heterocycles. The van der Waals surface area contributed by atoms with Gasteiger partial charge >= 0.3 is 0 Å². The van der Waals surface area contributed by atoms with Crippen molar-refractivity contribution in [3.8, 4) is 0 Å². The quantitative estimate of drug-likeness (QED) is 0.845. The van der Waals surface area contributed by atoms with E-state index in [0.29, 0.717) is 4.47 Å². The molecule has 0 fully saturated rings. The minimum Gasteiger partial charge on any atom is -0.320 e. The zero-order valence-corrected chi connectivity index (χ0v) is 12.0. The van der Waals surface area contributed by atoms with Crippen LogP contribution in [-0.2, 0) is 0 Å². The van der Waals surface area contributed by atoms with Crippen LogP contribution in [0.3, 0.4) is 0 Å². The maximum Gasteiger partial charge on any atom is 0.137 e. The van der Waals surface area contributed by atoms with Crippen molar-refractivity contribution in [3.05, 3.63) is 68.4 Å². The molecule has 2 aromatic rings. The summed E-state index contributed by atoms with van der Waals surface area (Å²) in [5.41, 5.74) is 8.00. The maximum atomic E-state index is 13.1. The van der Waals surface area contributed by atoms with E-state index in [4.69, 9.17) is 5.73 Å². The normalized spacial score (nSPS) is 12.5. The van der Waals surface area contributed by atoms with Crippen molar-refractivity contribution in [2.75, 3.05) is 0 Å². The minimum absolute atomic E-state index is 0.260. The highest BCUT2D eigenvalue weighted by atomic mass is 79.9. The van der Waals surface area contributed by atoms with Gasteiger partial charge in [0.2, 0.25) is 0 Å². The van der Waals surface area contributed by atoms with Crippen molar-refractivity contribution in [3.63, 3.8) is 0 Å². The first-order chi connectivity index (χ1) is 8.08. The summed E-state index contributed by atoms with van der Waals surface area (Å²) in [6.45, 7) is 0. The third-order valence-electron chi connectivity index (χ3n) is 2.51. The molecular weight excluding hydrogens is 349 g/mol. The number of hydrogen-bond acceptors (Lipinski definition) is 1. The number of benzene rings is 2. The average Bonchev–Trinajstić information content (AvgIpc) is 2.32. The number of nitrogens with two attached hydrogens (primary N) is 1. The van der Waals surface area contributed by atoms with E-state index in [-0.39, 0.29) is 11.9 Å². The Hall–Kier alpha value is -0.710. The molecule has 88 valence electrons. The molecule has 0 aliphatic heterocycles. The molecule has 0 saturated carbocycles. The van der Waals surface area contributed by atoms with Crippen LogP contribution in [0.5, 0.6) is 0 Å². The second kappa shape index (κ2) is 5.29. The third kappa shape index (κ3) is 2.94. The van der Waals surface area contributed by atoms with E-state index in [9.17, 15) is 4.39 Å². The average molecular weight is 359 g/mol. The Kier molecular flexibility index (Phi) is 3.97. The van der Waals surface area contributed by atoms with Gasteiger partial charge in [-0.25, -0.2) is 4.39 Å². The van der Waals surface area contributed by atoms with Gasteiger partial charge < -0.3 is 5.73 Å². The van der Waals surface area contributed by atoms with Crippen molar-refractivity contribution in [1.29, 1.82) is 0 Å². The van der Waals surface area contributed by atoms with Gasteiger partial charge in [0.15, 0.2) is 0 Å². The highest BCUT2D eigenvalue weighted by Crippen LogP contribution is 2.25. The Balaban J connectivity index is 2.36. The summed E-state index contributed by atoms with van der Waals surface area (Å²) in [6, 6.07) is 12.3. The first-order valence-electron chi connectivity index (χ1n) is 5.04. The van der Waals surface area contributed by atoms with Crippen LogP contribution >= 0.6 is 31.9 Å². The van der Waals surface area contributed by atoms with Gasteiger partial charge in [-0.3, -0.25) is 0 Å². The summed E-state index contributed by atoms with van der Waals surface area (Å²) in [6.07, 6.45) is 0. The SMILES string of the molecule is NC(c1cccc(Br)c1)c1ccc(F)c(Br)c1. The first-order valence-corrected chi connectivity index (χ1v) is 6.62. The van der Waals surface area contributed by atoms with E-state index >= 15 is 0 Å². The fourth-order valence-electron chi connectivity index (χ4n) is 1.60. The van der Waals surface area contributed by atoms with Crippen molar-refractivity contribution in [2.45, 2.75) is 6.04 Å². The van der Waals surface area contributed by atoms with Crippen LogP contribution < -0.4 is 5.73 Å². The molecule has 0 aromatic heterocycles. The van der Waals surface area contributed by atoms with Gasteiger partial charge in [-0.15, -0.1) is 0 Å². The first kappa shape index (κ1) is 12.7. The molecule has 4 heteroatoms. The highest BCUT2D eigenvalue weighted by Gasteiger charge is 2.10. The number of rotatable bonds is 2. The minimum atomic E-state index is -0.282. The fraction of sp³-hybridized carbons (Fsp3) is 0.0769. The summed E-state index contributed by atoms with van der Waals surface area (Å²) in [5.74, 6) is -0.282. The molecule has 2 N–H and O–H groups in total. The van der Waals surface area contributed by atoms with Crippen LogP contribution in [0.15, 0.2) is 51.4 Å². The van der Waals surface area contributed by atoms with Crippen molar-refractivity contribution in [2.24, 2.45) is 5.73 Å². The fourth-order valence-corrected chi connectivity index (χ4v) is 2.41. The smallest absolute Gasteiger partial charge is 0.137 e. The Morgan fingerprint density at radius 3 is 2.35 bits per heavy atom. The lowest BCUT2D eigenvalue weighted by Crippen LogP contribution is -2.11. The summed E-state index contributed by atoms with van der Waals surface area (Å²) >= 11 is 6.57. The van der Waals surface area contributed by atoms with Crippen molar-refractivity contribution < 1.29 is 4.39 Å². The summed E-state index contributed by atoms with van der Waals surface area (Å²) < 4.78 is 14.5. The maximum absolute atomic E-state index is 13.1. The molecule has 0 radical (unpaired) electrons. The molecule has 1 atom stereocenters. The summed E-state index contributed by atoms with van der Waals surface area (Å²) in [7, 11) is 0. The van der Waals surface area contributed by atoms with Gasteiger partial charge in [-0.05, 0) is 51.3 Å². The zero-order chi connectivity index (χ0) is 12.4. The van der Waals surface area contributed by atoms with Crippen LogP contribution in [-0.4, -0.2) is 0 Å². The van der Waals surface area contributed by atoms with Gasteiger partial charge in [0.05, 0.1) is 10.5 Å². The molecule has 1 nitrogen and oxygen atoms in total. The van der Waals surface area contributed by atoms with Crippen LogP contribution in [0, 0.1) is 5.82 Å². The van der Waals surface area contributed by atoms with Crippen LogP contribution in [0.1, 0.15) is 17.2 Å². The molecule has 0 aliphatic rings. The Morgan fingerprint density at radius 1 is 1.00 bits per heavy atom. The third-order valence-corrected chi connectivity index (χ3v) is 3.61. The van der Waals surface area contributed by atoms with E-state index < -0.39 is 0 Å². The van der Waals surface area contributed by atoms with E-state index in [0.717, 1.165) is 15.6 Å². The Bertz CT molecular complexity index is 543. The number of hydrogen-bond donors (Lipinski definition) is 1. The lowest BCUT2D eigenvalue weighted by Gasteiger charge is -2.13. The standard InChI is InChI=1S/C13H10Br2FN/c14-10-3-1-2-8(6-10)13(17)9-4-5-12(16)11(15)7-9/h1-7,13H,17H2. The molecule has 0 spiro atoms. The van der Waals surface area contributed by atoms with E-state index in [1.807, 2.05) is 24.3 Å². The molecule has 1 unspecified atom stereocenters. The zero-order valence-electron chi connectivity index (χ0n) is 8.83.